The fourth-order valence-electron chi connectivity index (χ4n) is 1.43. The molecule has 1 rings (SSSR count). The SMILES string of the molecule is CSCC(=O)NC1(C)CCNC1. The fourth-order valence-corrected chi connectivity index (χ4v) is 1.76. The van der Waals surface area contributed by atoms with Gasteiger partial charge in [-0.15, -0.1) is 0 Å². The highest BCUT2D eigenvalue weighted by atomic mass is 32.2. The largest absolute Gasteiger partial charge is 0.349 e. The summed E-state index contributed by atoms with van der Waals surface area (Å²) < 4.78 is 0. The number of hydrogen-bond acceptors (Lipinski definition) is 3. The quantitative estimate of drug-likeness (QED) is 0.665. The maximum absolute atomic E-state index is 11.2. The first-order valence-corrected chi connectivity index (χ1v) is 5.56. The molecular weight excluding hydrogens is 172 g/mol. The Labute approximate surface area is 77.7 Å². The van der Waals surface area contributed by atoms with E-state index >= 15 is 0 Å². The van der Waals surface area contributed by atoms with Gasteiger partial charge < -0.3 is 10.6 Å². The van der Waals surface area contributed by atoms with Crippen LogP contribution in [0.4, 0.5) is 0 Å². The summed E-state index contributed by atoms with van der Waals surface area (Å²) in [7, 11) is 0. The number of rotatable bonds is 3. The second kappa shape index (κ2) is 4.14. The number of carbonyl (C=O) groups is 1. The molecule has 12 heavy (non-hydrogen) atoms. The molecule has 1 atom stereocenters. The molecule has 0 spiro atoms. The number of thioether (sulfide) groups is 1. The van der Waals surface area contributed by atoms with Gasteiger partial charge in [0, 0.05) is 6.54 Å². The van der Waals surface area contributed by atoms with E-state index in [1.54, 1.807) is 11.8 Å². The molecule has 1 unspecified atom stereocenters. The van der Waals surface area contributed by atoms with E-state index in [0.29, 0.717) is 5.75 Å². The highest BCUT2D eigenvalue weighted by Crippen LogP contribution is 2.13. The molecule has 0 aromatic carbocycles. The van der Waals surface area contributed by atoms with Crippen molar-refractivity contribution in [3.05, 3.63) is 0 Å². The monoisotopic (exact) mass is 188 g/mol. The Hall–Kier alpha value is -0.220. The van der Waals surface area contributed by atoms with Crippen molar-refractivity contribution in [3.63, 3.8) is 0 Å². The minimum absolute atomic E-state index is 0.00713. The van der Waals surface area contributed by atoms with Gasteiger partial charge in [-0.3, -0.25) is 4.79 Å². The molecule has 70 valence electrons. The van der Waals surface area contributed by atoms with Gasteiger partial charge in [0.15, 0.2) is 0 Å². The molecule has 2 N–H and O–H groups in total. The summed E-state index contributed by atoms with van der Waals surface area (Å²) in [4.78, 5) is 11.2. The van der Waals surface area contributed by atoms with Crippen LogP contribution in [0.3, 0.4) is 0 Å². The molecule has 0 aliphatic carbocycles. The van der Waals surface area contributed by atoms with E-state index in [-0.39, 0.29) is 11.4 Å². The predicted octanol–water partition coefficient (Wildman–Crippen LogP) is 0.218. The van der Waals surface area contributed by atoms with Crippen molar-refractivity contribution in [2.75, 3.05) is 25.1 Å². The molecule has 1 aliphatic heterocycles. The third-order valence-electron chi connectivity index (χ3n) is 2.09. The predicted molar refractivity (Wildman–Crippen MR) is 52.4 cm³/mol. The smallest absolute Gasteiger partial charge is 0.230 e. The third-order valence-corrected chi connectivity index (χ3v) is 2.64. The van der Waals surface area contributed by atoms with Crippen LogP contribution in [0.1, 0.15) is 13.3 Å². The molecule has 3 nitrogen and oxygen atoms in total. The summed E-state index contributed by atoms with van der Waals surface area (Å²) in [6.45, 7) is 3.99. The Morgan fingerprint density at radius 2 is 2.50 bits per heavy atom. The molecule has 0 radical (unpaired) electrons. The summed E-state index contributed by atoms with van der Waals surface area (Å²) in [5, 5.41) is 6.27. The number of carbonyl (C=O) groups excluding carboxylic acids is 1. The minimum Gasteiger partial charge on any atom is -0.349 e. The van der Waals surface area contributed by atoms with Crippen molar-refractivity contribution < 1.29 is 4.79 Å². The first-order chi connectivity index (χ1) is 5.66. The molecule has 0 saturated carbocycles. The Kier molecular flexibility index (Phi) is 3.40. The molecule has 0 aromatic rings. The van der Waals surface area contributed by atoms with E-state index in [4.69, 9.17) is 0 Å². The lowest BCUT2D eigenvalue weighted by Gasteiger charge is -2.24. The van der Waals surface area contributed by atoms with Crippen LogP contribution in [0, 0.1) is 0 Å². The molecule has 0 aromatic heterocycles. The molecule has 1 fully saturated rings. The fraction of sp³-hybridized carbons (Fsp3) is 0.875. The van der Waals surface area contributed by atoms with Crippen molar-refractivity contribution in [2.45, 2.75) is 18.9 Å². The van der Waals surface area contributed by atoms with Crippen molar-refractivity contribution in [3.8, 4) is 0 Å². The van der Waals surface area contributed by atoms with Crippen molar-refractivity contribution >= 4 is 17.7 Å². The van der Waals surface area contributed by atoms with Gasteiger partial charge in [0.05, 0.1) is 11.3 Å². The van der Waals surface area contributed by atoms with Gasteiger partial charge >= 0.3 is 0 Å². The first-order valence-electron chi connectivity index (χ1n) is 4.17. The second-order valence-electron chi connectivity index (χ2n) is 3.47. The summed E-state index contributed by atoms with van der Waals surface area (Å²) in [5.74, 6) is 0.712. The normalized spacial score (nSPS) is 28.8. The lowest BCUT2D eigenvalue weighted by Crippen LogP contribution is -2.48. The van der Waals surface area contributed by atoms with Crippen LogP contribution >= 0.6 is 11.8 Å². The summed E-state index contributed by atoms with van der Waals surface area (Å²) in [5.41, 5.74) is -0.00713. The molecule has 4 heteroatoms. The van der Waals surface area contributed by atoms with Gasteiger partial charge in [0.25, 0.3) is 0 Å². The number of hydrogen-bond donors (Lipinski definition) is 2. The minimum atomic E-state index is -0.00713. The van der Waals surface area contributed by atoms with Gasteiger partial charge in [-0.2, -0.15) is 11.8 Å². The molecule has 0 bridgehead atoms. The van der Waals surface area contributed by atoms with Crippen LogP contribution < -0.4 is 10.6 Å². The van der Waals surface area contributed by atoms with E-state index in [1.807, 2.05) is 6.26 Å². The van der Waals surface area contributed by atoms with Crippen LogP contribution in [0.25, 0.3) is 0 Å². The van der Waals surface area contributed by atoms with Crippen molar-refractivity contribution in [1.82, 2.24) is 10.6 Å². The van der Waals surface area contributed by atoms with Gasteiger partial charge in [0.1, 0.15) is 0 Å². The Balaban J connectivity index is 2.33. The zero-order valence-electron chi connectivity index (χ0n) is 7.64. The second-order valence-corrected chi connectivity index (χ2v) is 4.33. The van der Waals surface area contributed by atoms with E-state index < -0.39 is 0 Å². The summed E-state index contributed by atoms with van der Waals surface area (Å²) in [6.07, 6.45) is 2.97. The van der Waals surface area contributed by atoms with E-state index in [0.717, 1.165) is 19.5 Å². The van der Waals surface area contributed by atoms with Crippen LogP contribution in [-0.2, 0) is 4.79 Å². The molecule has 1 saturated heterocycles. The Morgan fingerprint density at radius 3 is 3.00 bits per heavy atom. The molecule has 1 aliphatic rings. The standard InChI is InChI=1S/C8H16N2OS/c1-8(3-4-9-6-8)10-7(11)5-12-2/h9H,3-6H2,1-2H3,(H,10,11). The molecule has 1 heterocycles. The van der Waals surface area contributed by atoms with E-state index in [2.05, 4.69) is 17.6 Å². The van der Waals surface area contributed by atoms with Crippen molar-refractivity contribution in [1.29, 1.82) is 0 Å². The first kappa shape index (κ1) is 9.86. The maximum atomic E-state index is 11.2. The van der Waals surface area contributed by atoms with E-state index in [1.165, 1.54) is 0 Å². The van der Waals surface area contributed by atoms with Crippen LogP contribution in [0.5, 0.6) is 0 Å². The molecular formula is C8H16N2OS. The zero-order chi connectivity index (χ0) is 9.03. The molecule has 1 amide bonds. The Morgan fingerprint density at radius 1 is 1.75 bits per heavy atom. The highest BCUT2D eigenvalue weighted by Gasteiger charge is 2.29. The summed E-state index contributed by atoms with van der Waals surface area (Å²) >= 11 is 1.56. The average molecular weight is 188 g/mol. The Bertz CT molecular complexity index is 166. The van der Waals surface area contributed by atoms with Gasteiger partial charge in [0.2, 0.25) is 5.91 Å². The van der Waals surface area contributed by atoms with Crippen LogP contribution in [0.2, 0.25) is 0 Å². The summed E-state index contributed by atoms with van der Waals surface area (Å²) in [6, 6.07) is 0. The highest BCUT2D eigenvalue weighted by molar-refractivity contribution is 7.99. The van der Waals surface area contributed by atoms with Gasteiger partial charge in [-0.25, -0.2) is 0 Å². The van der Waals surface area contributed by atoms with Gasteiger partial charge in [-0.05, 0) is 26.1 Å². The maximum Gasteiger partial charge on any atom is 0.230 e. The average Bonchev–Trinajstić information content (AvgIpc) is 2.36. The number of nitrogens with one attached hydrogen (secondary N) is 2. The lowest BCUT2D eigenvalue weighted by atomic mass is 10.0. The van der Waals surface area contributed by atoms with E-state index in [9.17, 15) is 4.79 Å². The van der Waals surface area contributed by atoms with Crippen molar-refractivity contribution in [2.24, 2.45) is 0 Å². The van der Waals surface area contributed by atoms with Crippen LogP contribution in [0.15, 0.2) is 0 Å². The topological polar surface area (TPSA) is 41.1 Å². The zero-order valence-corrected chi connectivity index (χ0v) is 8.46. The lowest BCUT2D eigenvalue weighted by molar-refractivity contribution is -0.120. The number of amides is 1. The van der Waals surface area contributed by atoms with Gasteiger partial charge in [-0.1, -0.05) is 0 Å². The third kappa shape index (κ3) is 2.68. The van der Waals surface area contributed by atoms with Crippen LogP contribution in [-0.4, -0.2) is 36.5 Å².